The number of nitrogens with zero attached hydrogens (tertiary/aromatic N) is 1. The number of quaternary nitrogens is 2. The van der Waals surface area contributed by atoms with Gasteiger partial charge in [0.05, 0.1) is 19.8 Å². The molecule has 0 saturated carbocycles. The van der Waals surface area contributed by atoms with Gasteiger partial charge in [-0.3, -0.25) is 4.79 Å². The topological polar surface area (TPSA) is 50.4 Å². The Morgan fingerprint density at radius 2 is 1.61 bits per heavy atom. The molecule has 1 amide bonds. The van der Waals surface area contributed by atoms with Crippen molar-refractivity contribution in [2.45, 2.75) is 26.6 Å². The zero-order valence-corrected chi connectivity index (χ0v) is 19.2. The van der Waals surface area contributed by atoms with Gasteiger partial charge in [0.15, 0.2) is 6.54 Å². The number of morpholine rings is 1. The summed E-state index contributed by atoms with van der Waals surface area (Å²) in [5.41, 5.74) is 4.94. The molecule has 3 N–H and O–H groups in total. The number of hydrogen-bond acceptors (Lipinski definition) is 3. The third kappa shape index (κ3) is 7.65. The van der Waals surface area contributed by atoms with Gasteiger partial charge >= 0.3 is 0 Å². The highest BCUT2D eigenvalue weighted by Gasteiger charge is 2.15. The van der Waals surface area contributed by atoms with E-state index in [2.05, 4.69) is 65.7 Å². The van der Waals surface area contributed by atoms with E-state index in [4.69, 9.17) is 4.74 Å². The molecule has 0 bridgehead atoms. The second-order valence-electron chi connectivity index (χ2n) is 8.65. The standard InChI is InChI=1S/C25H36N4O2/c1-4-28(18-23-9-11-24(12-10-23)27(2)3)20-25(30)26-17-21-5-7-22(8-6-21)19-29-13-15-31-16-14-29/h5-12H,4,13-20H2,1-3H3,(H,26,30)/p+2. The van der Waals surface area contributed by atoms with Gasteiger partial charge in [0.1, 0.15) is 26.2 Å². The quantitative estimate of drug-likeness (QED) is 0.497. The molecule has 0 aromatic heterocycles. The predicted molar refractivity (Wildman–Crippen MR) is 124 cm³/mol. The Balaban J connectivity index is 1.42. The summed E-state index contributed by atoms with van der Waals surface area (Å²) in [5, 5.41) is 3.09. The Bertz CT molecular complexity index is 799. The number of anilines is 1. The number of carbonyl (C=O) groups is 1. The average molecular weight is 427 g/mol. The van der Waals surface area contributed by atoms with Gasteiger partial charge in [0.2, 0.25) is 0 Å². The largest absolute Gasteiger partial charge is 0.378 e. The summed E-state index contributed by atoms with van der Waals surface area (Å²) in [6.07, 6.45) is 0. The van der Waals surface area contributed by atoms with Crippen LogP contribution in [0.4, 0.5) is 5.69 Å². The summed E-state index contributed by atoms with van der Waals surface area (Å²) in [6, 6.07) is 17.2. The molecule has 3 rings (SSSR count). The summed E-state index contributed by atoms with van der Waals surface area (Å²) >= 11 is 0. The molecule has 1 heterocycles. The lowest BCUT2D eigenvalue weighted by Crippen LogP contribution is -3.12. The van der Waals surface area contributed by atoms with Gasteiger partial charge in [-0.1, -0.05) is 36.4 Å². The molecule has 168 valence electrons. The van der Waals surface area contributed by atoms with Gasteiger partial charge in [-0.05, 0) is 24.6 Å². The maximum absolute atomic E-state index is 12.5. The molecule has 31 heavy (non-hydrogen) atoms. The van der Waals surface area contributed by atoms with Gasteiger partial charge < -0.3 is 24.8 Å². The molecule has 2 aromatic carbocycles. The monoisotopic (exact) mass is 426 g/mol. The smallest absolute Gasteiger partial charge is 0.275 e. The van der Waals surface area contributed by atoms with Gasteiger partial charge in [-0.2, -0.15) is 0 Å². The number of ether oxygens (including phenoxy) is 1. The first-order valence-electron chi connectivity index (χ1n) is 11.4. The molecule has 0 spiro atoms. The van der Waals surface area contributed by atoms with Crippen molar-refractivity contribution in [1.29, 1.82) is 0 Å². The summed E-state index contributed by atoms with van der Waals surface area (Å²) in [6.45, 7) is 9.89. The molecule has 0 aliphatic carbocycles. The van der Waals surface area contributed by atoms with E-state index < -0.39 is 0 Å². The lowest BCUT2D eigenvalue weighted by Gasteiger charge is -2.23. The SMILES string of the molecule is CC[NH+](CC(=O)NCc1ccc(C[NH+]2CCOCC2)cc1)Cc1ccc(N(C)C)cc1. The predicted octanol–water partition coefficient (Wildman–Crippen LogP) is -0.111. The molecular formula is C25H38N4O2+2. The van der Waals surface area contributed by atoms with E-state index in [9.17, 15) is 4.79 Å². The van der Waals surface area contributed by atoms with Crippen LogP contribution in [0.25, 0.3) is 0 Å². The maximum Gasteiger partial charge on any atom is 0.275 e. The van der Waals surface area contributed by atoms with Gasteiger partial charge in [-0.25, -0.2) is 0 Å². The molecule has 1 aliphatic rings. The summed E-state index contributed by atoms with van der Waals surface area (Å²) in [7, 11) is 4.09. The number of likely N-dealkylation sites (N-methyl/N-ethyl adjacent to an activating group) is 1. The van der Waals surface area contributed by atoms with Crippen molar-refractivity contribution >= 4 is 11.6 Å². The lowest BCUT2D eigenvalue weighted by molar-refractivity contribution is -0.921. The van der Waals surface area contributed by atoms with Crippen molar-refractivity contribution < 1.29 is 19.3 Å². The second-order valence-corrected chi connectivity index (χ2v) is 8.65. The third-order valence-corrected chi connectivity index (χ3v) is 5.98. The molecule has 6 heteroatoms. The molecule has 1 atom stereocenters. The normalized spacial score (nSPS) is 15.5. The van der Waals surface area contributed by atoms with Crippen LogP contribution in [0.15, 0.2) is 48.5 Å². The van der Waals surface area contributed by atoms with E-state index in [-0.39, 0.29) is 5.91 Å². The van der Waals surface area contributed by atoms with Crippen molar-refractivity contribution in [3.8, 4) is 0 Å². The first-order chi connectivity index (χ1) is 15.0. The Labute approximate surface area is 186 Å². The van der Waals surface area contributed by atoms with E-state index >= 15 is 0 Å². The van der Waals surface area contributed by atoms with Crippen LogP contribution in [-0.2, 0) is 29.2 Å². The Morgan fingerprint density at radius 1 is 1.00 bits per heavy atom. The molecule has 1 aliphatic heterocycles. The third-order valence-electron chi connectivity index (χ3n) is 5.98. The molecule has 0 radical (unpaired) electrons. The van der Waals surface area contributed by atoms with Crippen LogP contribution in [0, 0.1) is 0 Å². The van der Waals surface area contributed by atoms with E-state index in [1.54, 1.807) is 4.90 Å². The lowest BCUT2D eigenvalue weighted by atomic mass is 10.1. The van der Waals surface area contributed by atoms with Crippen LogP contribution in [0.3, 0.4) is 0 Å². The van der Waals surface area contributed by atoms with Crippen molar-refractivity contribution in [3.63, 3.8) is 0 Å². The van der Waals surface area contributed by atoms with Crippen molar-refractivity contribution in [3.05, 3.63) is 65.2 Å². The molecule has 6 nitrogen and oxygen atoms in total. The molecular weight excluding hydrogens is 388 g/mol. The fourth-order valence-electron chi connectivity index (χ4n) is 3.90. The van der Waals surface area contributed by atoms with Crippen molar-refractivity contribution in [2.75, 3.05) is 58.4 Å². The van der Waals surface area contributed by atoms with Crippen molar-refractivity contribution in [1.82, 2.24) is 5.32 Å². The minimum absolute atomic E-state index is 0.101. The van der Waals surface area contributed by atoms with Crippen LogP contribution in [0.1, 0.15) is 23.6 Å². The van der Waals surface area contributed by atoms with Gasteiger partial charge in [0, 0.05) is 37.5 Å². The number of nitrogens with one attached hydrogen (secondary N) is 3. The number of benzene rings is 2. The van der Waals surface area contributed by atoms with Crippen LogP contribution >= 0.6 is 0 Å². The second kappa shape index (κ2) is 11.8. The number of rotatable bonds is 10. The van der Waals surface area contributed by atoms with E-state index in [0.29, 0.717) is 13.1 Å². The fourth-order valence-corrected chi connectivity index (χ4v) is 3.90. The molecule has 1 unspecified atom stereocenters. The van der Waals surface area contributed by atoms with Crippen LogP contribution in [0.5, 0.6) is 0 Å². The highest BCUT2D eigenvalue weighted by Crippen LogP contribution is 2.11. The Morgan fingerprint density at radius 3 is 2.23 bits per heavy atom. The number of carbonyl (C=O) groups excluding carboxylic acids is 1. The summed E-state index contributed by atoms with van der Waals surface area (Å²) in [4.78, 5) is 17.4. The van der Waals surface area contributed by atoms with Gasteiger partial charge in [-0.15, -0.1) is 0 Å². The highest BCUT2D eigenvalue weighted by molar-refractivity contribution is 5.76. The van der Waals surface area contributed by atoms with Crippen LogP contribution in [-0.4, -0.2) is 59.4 Å². The molecule has 2 aromatic rings. The first kappa shape index (κ1) is 23.3. The van der Waals surface area contributed by atoms with Crippen LogP contribution in [0.2, 0.25) is 0 Å². The minimum Gasteiger partial charge on any atom is -0.378 e. The van der Waals surface area contributed by atoms with Crippen LogP contribution < -0.4 is 20.0 Å². The average Bonchev–Trinajstić information content (AvgIpc) is 2.79. The highest BCUT2D eigenvalue weighted by atomic mass is 16.5. The minimum atomic E-state index is 0.101. The number of amides is 1. The fraction of sp³-hybridized carbons (Fsp3) is 0.480. The van der Waals surface area contributed by atoms with E-state index in [1.807, 2.05) is 14.1 Å². The first-order valence-corrected chi connectivity index (χ1v) is 11.4. The number of hydrogen-bond donors (Lipinski definition) is 3. The van der Waals surface area contributed by atoms with E-state index in [0.717, 1.165) is 51.5 Å². The Kier molecular flexibility index (Phi) is 8.88. The zero-order valence-electron chi connectivity index (χ0n) is 19.2. The molecule has 1 saturated heterocycles. The maximum atomic E-state index is 12.5. The summed E-state index contributed by atoms with van der Waals surface area (Å²) in [5.74, 6) is 0.101. The zero-order chi connectivity index (χ0) is 22.1. The van der Waals surface area contributed by atoms with Crippen molar-refractivity contribution in [2.24, 2.45) is 0 Å². The van der Waals surface area contributed by atoms with E-state index in [1.165, 1.54) is 21.7 Å². The summed E-state index contributed by atoms with van der Waals surface area (Å²) < 4.78 is 5.43. The van der Waals surface area contributed by atoms with Gasteiger partial charge in [0.25, 0.3) is 5.91 Å². The Hall–Kier alpha value is -2.41. The molecule has 1 fully saturated rings.